The van der Waals surface area contributed by atoms with Crippen molar-refractivity contribution in [3.63, 3.8) is 0 Å². The van der Waals surface area contributed by atoms with Crippen LogP contribution >= 0.6 is 31.9 Å². The Morgan fingerprint density at radius 2 is 1.73 bits per heavy atom. The zero-order chi connectivity index (χ0) is 25.8. The molecule has 0 fully saturated rings. The van der Waals surface area contributed by atoms with Crippen LogP contribution in [0.25, 0.3) is 21.7 Å². The van der Waals surface area contributed by atoms with Crippen LogP contribution in [0.15, 0.2) is 97.3 Å². The van der Waals surface area contributed by atoms with Gasteiger partial charge in [-0.15, -0.1) is 0 Å². The third-order valence-corrected chi connectivity index (χ3v) is 6.85. The molecule has 1 N–H and O–H groups in total. The fourth-order valence-corrected chi connectivity index (χ4v) is 5.42. The summed E-state index contributed by atoms with van der Waals surface area (Å²) < 4.78 is 18.8. The molecule has 1 amide bonds. The Bertz CT molecular complexity index is 1600. The van der Waals surface area contributed by atoms with E-state index in [1.807, 2.05) is 43.3 Å². The van der Waals surface area contributed by atoms with E-state index in [0.717, 1.165) is 36.6 Å². The highest BCUT2D eigenvalue weighted by Crippen LogP contribution is 2.35. The second-order valence-corrected chi connectivity index (χ2v) is 9.89. The zero-order valence-corrected chi connectivity index (χ0v) is 23.0. The summed E-state index contributed by atoms with van der Waals surface area (Å²) in [7, 11) is 0. The number of furan rings is 1. The van der Waals surface area contributed by atoms with Crippen LogP contribution in [0.4, 0.5) is 0 Å². The number of halogens is 2. The van der Waals surface area contributed by atoms with Gasteiger partial charge in [0.2, 0.25) is 0 Å². The summed E-state index contributed by atoms with van der Waals surface area (Å²) in [5.41, 5.74) is 4.98. The molecule has 5 aromatic rings. The number of amides is 1. The maximum atomic E-state index is 12.5. The second-order valence-electron chi connectivity index (χ2n) is 8.18. The predicted octanol–water partition coefficient (Wildman–Crippen LogP) is 7.85. The number of carbonyl (C=O) groups excluding carboxylic acids is 1. The maximum Gasteiger partial charge on any atom is 0.307 e. The smallest absolute Gasteiger partial charge is 0.307 e. The molecule has 0 radical (unpaired) electrons. The van der Waals surface area contributed by atoms with E-state index in [1.54, 1.807) is 24.4 Å². The van der Waals surface area contributed by atoms with Crippen molar-refractivity contribution in [3.8, 4) is 11.5 Å². The summed E-state index contributed by atoms with van der Waals surface area (Å²) in [4.78, 5) is 12.5. The molecule has 186 valence electrons. The molecule has 0 bridgehead atoms. The van der Waals surface area contributed by atoms with Crippen LogP contribution in [-0.4, -0.2) is 18.7 Å². The van der Waals surface area contributed by atoms with Crippen molar-refractivity contribution in [2.75, 3.05) is 6.61 Å². The molecular weight excluding hydrogens is 600 g/mol. The molecule has 0 unspecified atom stereocenters. The van der Waals surface area contributed by atoms with Gasteiger partial charge >= 0.3 is 5.91 Å². The van der Waals surface area contributed by atoms with E-state index in [4.69, 9.17) is 13.9 Å². The molecule has 0 aliphatic heterocycles. The quantitative estimate of drug-likeness (QED) is 0.141. The molecule has 5 rings (SSSR count). The van der Waals surface area contributed by atoms with Crippen molar-refractivity contribution in [3.05, 3.63) is 105 Å². The molecule has 0 saturated heterocycles. The number of nitrogens with one attached hydrogen (secondary N) is 1. The lowest BCUT2D eigenvalue weighted by Crippen LogP contribution is -2.16. The van der Waals surface area contributed by atoms with E-state index in [2.05, 4.69) is 66.7 Å². The Morgan fingerprint density at radius 3 is 2.54 bits per heavy atom. The van der Waals surface area contributed by atoms with Crippen LogP contribution in [0.2, 0.25) is 0 Å². The van der Waals surface area contributed by atoms with Crippen molar-refractivity contribution in [2.24, 2.45) is 5.10 Å². The van der Waals surface area contributed by atoms with Crippen LogP contribution in [0, 0.1) is 0 Å². The van der Waals surface area contributed by atoms with Gasteiger partial charge in [-0.3, -0.25) is 4.79 Å². The van der Waals surface area contributed by atoms with Gasteiger partial charge in [-0.05, 0) is 97.1 Å². The van der Waals surface area contributed by atoms with Gasteiger partial charge in [0.1, 0.15) is 23.7 Å². The normalized spacial score (nSPS) is 11.3. The summed E-state index contributed by atoms with van der Waals surface area (Å²) in [6.45, 7) is 2.90. The van der Waals surface area contributed by atoms with Crippen LogP contribution in [0.1, 0.15) is 28.6 Å². The number of benzene rings is 4. The minimum atomic E-state index is -0.446. The number of fused-ring (bicyclic) bond motifs is 2. The molecule has 6 nitrogen and oxygen atoms in total. The molecular formula is C29H22Br2N2O4. The van der Waals surface area contributed by atoms with E-state index >= 15 is 0 Å². The lowest BCUT2D eigenvalue weighted by molar-refractivity contribution is 0.0929. The highest BCUT2D eigenvalue weighted by atomic mass is 79.9. The zero-order valence-electron chi connectivity index (χ0n) is 19.8. The fraction of sp³-hybridized carbons (Fsp3) is 0.103. The van der Waals surface area contributed by atoms with Crippen molar-refractivity contribution >= 4 is 65.7 Å². The number of nitrogens with zero attached hydrogens (tertiary/aromatic N) is 1. The third-order valence-electron chi connectivity index (χ3n) is 5.67. The summed E-state index contributed by atoms with van der Waals surface area (Å²) in [6.07, 6.45) is 1.55. The highest BCUT2D eigenvalue weighted by molar-refractivity contribution is 9.11. The Labute approximate surface area is 230 Å². The van der Waals surface area contributed by atoms with Crippen molar-refractivity contribution < 1.29 is 18.7 Å². The van der Waals surface area contributed by atoms with Crippen molar-refractivity contribution in [2.45, 2.75) is 13.5 Å². The van der Waals surface area contributed by atoms with E-state index in [1.165, 1.54) is 5.39 Å². The Kier molecular flexibility index (Phi) is 7.58. The first kappa shape index (κ1) is 25.0. The van der Waals surface area contributed by atoms with Gasteiger partial charge in [-0.25, -0.2) is 5.43 Å². The summed E-state index contributed by atoms with van der Waals surface area (Å²) in [5.74, 6) is 1.13. The van der Waals surface area contributed by atoms with Gasteiger partial charge in [-0.2, -0.15) is 5.10 Å². The number of rotatable bonds is 8. The number of carbonyl (C=O) groups is 1. The van der Waals surface area contributed by atoms with E-state index in [0.29, 0.717) is 24.5 Å². The minimum Gasteiger partial charge on any atom is -0.494 e. The molecule has 0 spiro atoms. The standard InChI is InChI=1S/C29H22Br2N2O4/c1-2-35-22-10-11-26-21(14-22)15-27(37-26)29(34)33-32-16-18-12-24(30)28(25(31)13-18)36-17-20-8-5-7-19-6-3-4-9-23(19)20/h3-16H,2,17H2,1H3,(H,33,34)/b32-16+. The first-order valence-corrected chi connectivity index (χ1v) is 13.2. The average molecular weight is 622 g/mol. The number of hydrazone groups is 1. The second kappa shape index (κ2) is 11.2. The van der Waals surface area contributed by atoms with Gasteiger partial charge in [0.25, 0.3) is 0 Å². The minimum absolute atomic E-state index is 0.167. The Balaban J connectivity index is 1.25. The van der Waals surface area contributed by atoms with E-state index < -0.39 is 5.91 Å². The molecule has 37 heavy (non-hydrogen) atoms. The van der Waals surface area contributed by atoms with Gasteiger partial charge in [0.15, 0.2) is 5.76 Å². The van der Waals surface area contributed by atoms with Gasteiger partial charge in [0, 0.05) is 5.39 Å². The molecule has 0 saturated carbocycles. The SMILES string of the molecule is CCOc1ccc2oc(C(=O)N/N=C/c3cc(Br)c(OCc4cccc5ccccc45)c(Br)c3)cc2c1. The van der Waals surface area contributed by atoms with Crippen LogP contribution < -0.4 is 14.9 Å². The van der Waals surface area contributed by atoms with Gasteiger partial charge in [-0.1, -0.05) is 42.5 Å². The summed E-state index contributed by atoms with van der Waals surface area (Å²) in [5, 5.41) is 7.20. The molecule has 0 aliphatic carbocycles. The number of ether oxygens (including phenoxy) is 2. The molecule has 4 aromatic carbocycles. The van der Waals surface area contributed by atoms with Crippen molar-refractivity contribution in [1.82, 2.24) is 5.43 Å². The number of hydrogen-bond donors (Lipinski definition) is 1. The Morgan fingerprint density at radius 1 is 0.946 bits per heavy atom. The molecule has 1 heterocycles. The maximum absolute atomic E-state index is 12.5. The summed E-state index contributed by atoms with van der Waals surface area (Å²) in [6, 6.07) is 25.2. The lowest BCUT2D eigenvalue weighted by Gasteiger charge is -2.13. The molecule has 0 aliphatic rings. The largest absolute Gasteiger partial charge is 0.494 e. The van der Waals surface area contributed by atoms with Crippen LogP contribution in [-0.2, 0) is 6.61 Å². The topological polar surface area (TPSA) is 73.1 Å². The molecule has 0 atom stereocenters. The van der Waals surface area contributed by atoms with Crippen LogP contribution in [0.3, 0.4) is 0 Å². The average Bonchev–Trinajstić information content (AvgIpc) is 3.32. The predicted molar refractivity (Wildman–Crippen MR) is 153 cm³/mol. The number of hydrogen-bond acceptors (Lipinski definition) is 5. The first-order valence-electron chi connectivity index (χ1n) is 11.6. The fourth-order valence-electron chi connectivity index (χ4n) is 3.97. The molecule has 8 heteroatoms. The van der Waals surface area contributed by atoms with Crippen molar-refractivity contribution in [1.29, 1.82) is 0 Å². The summed E-state index contributed by atoms with van der Waals surface area (Å²) >= 11 is 7.17. The van der Waals surface area contributed by atoms with Gasteiger partial charge in [0.05, 0.1) is 21.8 Å². The van der Waals surface area contributed by atoms with E-state index in [9.17, 15) is 4.79 Å². The van der Waals surface area contributed by atoms with E-state index in [-0.39, 0.29) is 5.76 Å². The van der Waals surface area contributed by atoms with Crippen LogP contribution in [0.5, 0.6) is 11.5 Å². The lowest BCUT2D eigenvalue weighted by atomic mass is 10.1. The first-order chi connectivity index (χ1) is 18.0. The molecule has 1 aromatic heterocycles. The monoisotopic (exact) mass is 620 g/mol. The van der Waals surface area contributed by atoms with Gasteiger partial charge < -0.3 is 13.9 Å². The third kappa shape index (κ3) is 5.70. The Hall–Kier alpha value is -3.62. The highest BCUT2D eigenvalue weighted by Gasteiger charge is 2.13.